The first-order chi connectivity index (χ1) is 4.70. The number of carboxylic acids is 1. The van der Waals surface area contributed by atoms with E-state index in [1.54, 1.807) is 24.3 Å². The molecule has 0 bridgehead atoms. The topological polar surface area (TPSA) is 37.3 Å². The molecule has 1 N–H and O–H groups in total. The second-order valence-corrected chi connectivity index (χ2v) is 2.17. The Bertz CT molecular complexity index is 240. The molecule has 3 heteroatoms. The monoisotopic (exact) mass is 128 g/mol. The van der Waals surface area contributed by atoms with E-state index >= 15 is 0 Å². The Morgan fingerprint density at radius 1 is 1.30 bits per heavy atom. The zero-order valence-electron chi connectivity index (χ0n) is 5.66. The average Bonchev–Trinajstić information content (AvgIpc) is 1.88. The third kappa shape index (κ3) is 1.63. The van der Waals surface area contributed by atoms with Crippen LogP contribution in [-0.4, -0.2) is 28.8 Å². The third-order valence-electron chi connectivity index (χ3n) is 1.30. The van der Waals surface area contributed by atoms with Gasteiger partial charge in [0.25, 0.3) is 0 Å². The summed E-state index contributed by atoms with van der Waals surface area (Å²) in [6, 6.07) is 6.75. The minimum atomic E-state index is -0.875. The zero-order valence-corrected chi connectivity index (χ0v) is 5.66. The molecule has 2 nitrogen and oxygen atoms in total. The molecule has 1 rings (SSSR count). The van der Waals surface area contributed by atoms with Crippen LogP contribution in [0.4, 0.5) is 0 Å². The number of carbonyl (C=O) groups is 1. The van der Waals surface area contributed by atoms with Crippen molar-refractivity contribution < 1.29 is 9.90 Å². The van der Waals surface area contributed by atoms with Crippen LogP contribution in [-0.2, 0) is 0 Å². The van der Waals surface area contributed by atoms with Gasteiger partial charge in [0.2, 0.25) is 0 Å². The van der Waals surface area contributed by atoms with Crippen LogP contribution in [0.3, 0.4) is 0 Å². The van der Waals surface area contributed by atoms with Gasteiger partial charge in [-0.25, -0.2) is 0 Å². The number of hydrogen-bond acceptors (Lipinski definition) is 1. The van der Waals surface area contributed by atoms with Gasteiger partial charge in [-0.2, -0.15) is 0 Å². The summed E-state index contributed by atoms with van der Waals surface area (Å²) >= 11 is 1.92. The molecule has 0 saturated carbocycles. The van der Waals surface area contributed by atoms with E-state index in [9.17, 15) is 4.79 Å². The molecule has 0 aromatic heterocycles. The van der Waals surface area contributed by atoms with Crippen LogP contribution in [0.5, 0.6) is 0 Å². The summed E-state index contributed by atoms with van der Waals surface area (Å²) in [5, 5.41) is 8.48. The van der Waals surface area contributed by atoms with Crippen molar-refractivity contribution in [3.05, 3.63) is 29.8 Å². The SMILES string of the molecule is [Li][c]1ccc(C(=O)O)cc1. The summed E-state index contributed by atoms with van der Waals surface area (Å²) in [4.78, 5) is 10.3. The average molecular weight is 128 g/mol. The van der Waals surface area contributed by atoms with Crippen molar-refractivity contribution in [1.29, 1.82) is 0 Å². The Kier molecular flexibility index (Phi) is 2.16. The molecule has 10 heavy (non-hydrogen) atoms. The van der Waals surface area contributed by atoms with Crippen molar-refractivity contribution in [2.24, 2.45) is 0 Å². The number of benzene rings is 1. The van der Waals surface area contributed by atoms with Crippen molar-refractivity contribution >= 4 is 27.9 Å². The predicted octanol–water partition coefficient (Wildman–Crippen LogP) is 0.179. The van der Waals surface area contributed by atoms with Gasteiger partial charge in [0.05, 0.1) is 0 Å². The molecule has 0 fully saturated rings. The molecule has 46 valence electrons. The third-order valence-corrected chi connectivity index (χ3v) is 1.30. The molecule has 0 aliphatic heterocycles. The molecular formula is C7H5LiO2. The van der Waals surface area contributed by atoms with Crippen molar-refractivity contribution in [1.82, 2.24) is 0 Å². The van der Waals surface area contributed by atoms with Crippen LogP contribution in [0, 0.1) is 0 Å². The van der Waals surface area contributed by atoms with E-state index in [1.165, 1.54) is 0 Å². The fourth-order valence-corrected chi connectivity index (χ4v) is 0.696. The zero-order chi connectivity index (χ0) is 7.56. The number of rotatable bonds is 1. The van der Waals surface area contributed by atoms with Crippen LogP contribution < -0.4 is 4.24 Å². The quantitative estimate of drug-likeness (QED) is 0.547. The van der Waals surface area contributed by atoms with Gasteiger partial charge in [0.15, 0.2) is 0 Å². The Morgan fingerprint density at radius 2 is 1.80 bits per heavy atom. The van der Waals surface area contributed by atoms with E-state index < -0.39 is 5.97 Å². The Hall–Kier alpha value is -0.713. The molecule has 0 heterocycles. The van der Waals surface area contributed by atoms with Crippen LogP contribution in [0.15, 0.2) is 24.3 Å². The van der Waals surface area contributed by atoms with E-state index in [0.717, 1.165) is 4.24 Å². The maximum atomic E-state index is 10.3. The summed E-state index contributed by atoms with van der Waals surface area (Å²) in [7, 11) is 0. The summed E-state index contributed by atoms with van der Waals surface area (Å²) < 4.78 is 1.07. The Balaban J connectivity index is 3.00. The van der Waals surface area contributed by atoms with Gasteiger partial charge in [-0.3, -0.25) is 0 Å². The molecule has 0 unspecified atom stereocenters. The second-order valence-electron chi connectivity index (χ2n) is 2.17. The Labute approximate surface area is 68.1 Å². The maximum absolute atomic E-state index is 10.3. The van der Waals surface area contributed by atoms with Crippen molar-refractivity contribution in [2.45, 2.75) is 0 Å². The van der Waals surface area contributed by atoms with Gasteiger partial charge in [0, 0.05) is 0 Å². The van der Waals surface area contributed by atoms with E-state index in [2.05, 4.69) is 0 Å². The van der Waals surface area contributed by atoms with E-state index in [0.29, 0.717) is 5.56 Å². The molecule has 0 spiro atoms. The predicted molar refractivity (Wildman–Crippen MR) is 38.8 cm³/mol. The van der Waals surface area contributed by atoms with Crippen LogP contribution in [0.25, 0.3) is 0 Å². The fraction of sp³-hybridized carbons (Fsp3) is 0. The first-order valence-electron chi connectivity index (χ1n) is 3.00. The molecule has 0 aliphatic carbocycles. The molecule has 1 aromatic rings. The van der Waals surface area contributed by atoms with Crippen molar-refractivity contribution in [3.8, 4) is 0 Å². The van der Waals surface area contributed by atoms with Gasteiger partial charge < -0.3 is 0 Å². The standard InChI is InChI=1S/C7H5O2.Li/c8-7(9)6-4-2-1-3-5-6;/h2-5H,(H,8,9);. The van der Waals surface area contributed by atoms with Crippen LogP contribution >= 0.6 is 0 Å². The van der Waals surface area contributed by atoms with Crippen LogP contribution in [0.2, 0.25) is 0 Å². The molecular weight excluding hydrogens is 123 g/mol. The normalized spacial score (nSPS) is 9.40. The number of aromatic carboxylic acids is 1. The van der Waals surface area contributed by atoms with Gasteiger partial charge >= 0.3 is 67.7 Å². The van der Waals surface area contributed by atoms with Crippen molar-refractivity contribution in [3.63, 3.8) is 0 Å². The van der Waals surface area contributed by atoms with Crippen LogP contribution in [0.1, 0.15) is 10.4 Å². The molecule has 0 atom stereocenters. The van der Waals surface area contributed by atoms with Gasteiger partial charge in [-0.1, -0.05) is 0 Å². The van der Waals surface area contributed by atoms with E-state index in [-0.39, 0.29) is 0 Å². The van der Waals surface area contributed by atoms with Crippen molar-refractivity contribution in [2.75, 3.05) is 0 Å². The summed E-state index contributed by atoms with van der Waals surface area (Å²) in [6.45, 7) is 0. The molecule has 1 aromatic carbocycles. The first kappa shape index (κ1) is 7.40. The second kappa shape index (κ2) is 2.92. The summed E-state index contributed by atoms with van der Waals surface area (Å²) in [5.74, 6) is -0.875. The first-order valence-corrected chi connectivity index (χ1v) is 3.00. The van der Waals surface area contributed by atoms with Gasteiger partial charge in [0.1, 0.15) is 0 Å². The van der Waals surface area contributed by atoms with Gasteiger partial charge in [-0.05, 0) is 0 Å². The molecule has 0 aliphatic rings. The molecule has 0 radical (unpaired) electrons. The van der Waals surface area contributed by atoms with E-state index in [4.69, 9.17) is 5.11 Å². The van der Waals surface area contributed by atoms with E-state index in [1.807, 2.05) is 17.7 Å². The number of hydrogen-bond donors (Lipinski definition) is 1. The number of carboxylic acid groups (broad SMARTS) is 1. The van der Waals surface area contributed by atoms with Gasteiger partial charge in [-0.15, -0.1) is 0 Å². The Morgan fingerprint density at radius 3 is 2.20 bits per heavy atom. The summed E-state index contributed by atoms with van der Waals surface area (Å²) in [6.07, 6.45) is 0. The molecule has 0 amide bonds. The molecule has 0 saturated heterocycles. The fourth-order valence-electron chi connectivity index (χ4n) is 0.696. The summed E-state index contributed by atoms with van der Waals surface area (Å²) in [5.41, 5.74) is 0.339. The minimum absolute atomic E-state index is 0.339.